The van der Waals surface area contributed by atoms with Gasteiger partial charge < -0.3 is 10.1 Å². The summed E-state index contributed by atoms with van der Waals surface area (Å²) >= 11 is 1.77. The van der Waals surface area contributed by atoms with Gasteiger partial charge in [0.15, 0.2) is 0 Å². The fourth-order valence-electron chi connectivity index (χ4n) is 2.22. The maximum atomic E-state index is 5.51. The van der Waals surface area contributed by atoms with Crippen molar-refractivity contribution in [2.24, 2.45) is 5.92 Å². The van der Waals surface area contributed by atoms with Crippen molar-refractivity contribution in [3.05, 3.63) is 10.0 Å². The van der Waals surface area contributed by atoms with Crippen LogP contribution < -0.4 is 5.32 Å². The van der Waals surface area contributed by atoms with E-state index in [9.17, 15) is 0 Å². The molecule has 108 valence electrons. The molecule has 4 nitrogen and oxygen atoms in total. The van der Waals surface area contributed by atoms with Gasteiger partial charge >= 0.3 is 0 Å². The second-order valence-electron chi connectivity index (χ2n) is 5.65. The lowest BCUT2D eigenvalue weighted by Gasteiger charge is -2.19. The zero-order valence-corrected chi connectivity index (χ0v) is 12.8. The fourth-order valence-corrected chi connectivity index (χ4v) is 3.23. The molecule has 1 aliphatic rings. The van der Waals surface area contributed by atoms with Crippen molar-refractivity contribution in [1.29, 1.82) is 0 Å². The highest BCUT2D eigenvalue weighted by Crippen LogP contribution is 2.27. The number of ether oxygens (including phenoxy) is 1. The molecule has 0 radical (unpaired) electrons. The van der Waals surface area contributed by atoms with E-state index < -0.39 is 0 Å². The smallest absolute Gasteiger partial charge is 0.122 e. The molecule has 0 spiro atoms. The van der Waals surface area contributed by atoms with Gasteiger partial charge in [-0.1, -0.05) is 13.8 Å². The third-order valence-corrected chi connectivity index (χ3v) is 4.43. The van der Waals surface area contributed by atoms with Crippen molar-refractivity contribution < 1.29 is 4.74 Å². The van der Waals surface area contributed by atoms with Gasteiger partial charge in [0.2, 0.25) is 0 Å². The molecule has 1 aliphatic heterocycles. The Hall–Kier alpha value is -0.520. The predicted octanol–water partition coefficient (Wildman–Crippen LogP) is 2.61. The molecule has 2 heterocycles. The van der Waals surface area contributed by atoms with Crippen LogP contribution in [0.5, 0.6) is 0 Å². The fraction of sp³-hybridized carbons (Fsp3) is 0.857. The molecule has 1 saturated heterocycles. The first-order valence-electron chi connectivity index (χ1n) is 7.36. The molecule has 1 aromatic heterocycles. The molecule has 5 heteroatoms. The van der Waals surface area contributed by atoms with Crippen LogP contribution in [0.25, 0.3) is 0 Å². The Labute approximate surface area is 120 Å². The van der Waals surface area contributed by atoms with Gasteiger partial charge in [0.1, 0.15) is 10.0 Å². The van der Waals surface area contributed by atoms with E-state index in [1.54, 1.807) is 11.3 Å². The summed E-state index contributed by atoms with van der Waals surface area (Å²) in [6, 6.07) is 0. The second kappa shape index (κ2) is 7.92. The van der Waals surface area contributed by atoms with Gasteiger partial charge in [-0.05, 0) is 38.3 Å². The molecule has 1 N–H and O–H groups in total. The highest BCUT2D eigenvalue weighted by atomic mass is 32.1. The van der Waals surface area contributed by atoms with Gasteiger partial charge in [0.05, 0.1) is 6.61 Å². The van der Waals surface area contributed by atoms with Gasteiger partial charge in [-0.15, -0.1) is 21.5 Å². The number of rotatable bonds is 7. The van der Waals surface area contributed by atoms with E-state index in [-0.39, 0.29) is 0 Å². The van der Waals surface area contributed by atoms with Crippen molar-refractivity contribution in [2.75, 3.05) is 26.3 Å². The summed E-state index contributed by atoms with van der Waals surface area (Å²) in [5.41, 5.74) is 0. The third kappa shape index (κ3) is 5.16. The zero-order chi connectivity index (χ0) is 13.5. The van der Waals surface area contributed by atoms with E-state index >= 15 is 0 Å². The van der Waals surface area contributed by atoms with Crippen molar-refractivity contribution >= 4 is 11.3 Å². The van der Waals surface area contributed by atoms with E-state index in [0.29, 0.717) is 5.92 Å². The summed E-state index contributed by atoms with van der Waals surface area (Å²) in [6.45, 7) is 8.36. The highest BCUT2D eigenvalue weighted by Gasteiger charge is 2.20. The standard InChI is InChI=1S/C14H25N3OS/c1-11(2)9-15-7-3-6-13-16-17-14(19-13)12-5-4-8-18-10-12/h11-12,15H,3-10H2,1-2H3. The number of nitrogens with zero attached hydrogens (tertiary/aromatic N) is 2. The lowest BCUT2D eigenvalue weighted by Crippen LogP contribution is -2.21. The molecule has 19 heavy (non-hydrogen) atoms. The van der Waals surface area contributed by atoms with E-state index in [0.717, 1.165) is 51.5 Å². The van der Waals surface area contributed by atoms with Gasteiger partial charge in [-0.25, -0.2) is 0 Å². The number of hydrogen-bond acceptors (Lipinski definition) is 5. The van der Waals surface area contributed by atoms with Crippen LogP contribution in [0.4, 0.5) is 0 Å². The minimum Gasteiger partial charge on any atom is -0.381 e. The van der Waals surface area contributed by atoms with Crippen LogP contribution >= 0.6 is 11.3 Å². The Morgan fingerprint density at radius 1 is 1.42 bits per heavy atom. The van der Waals surface area contributed by atoms with E-state index in [1.165, 1.54) is 16.4 Å². The molecule has 0 bridgehead atoms. The maximum absolute atomic E-state index is 5.51. The summed E-state index contributed by atoms with van der Waals surface area (Å²) in [4.78, 5) is 0. The van der Waals surface area contributed by atoms with Crippen LogP contribution in [0.15, 0.2) is 0 Å². The SMILES string of the molecule is CC(C)CNCCCc1nnc(C2CCCOC2)s1. The molecular formula is C14H25N3OS. The molecule has 1 aromatic rings. The topological polar surface area (TPSA) is 47.0 Å². The van der Waals surface area contributed by atoms with Crippen LogP contribution in [0.1, 0.15) is 49.0 Å². The minimum atomic E-state index is 0.485. The minimum absolute atomic E-state index is 0.485. The van der Waals surface area contributed by atoms with Crippen molar-refractivity contribution in [1.82, 2.24) is 15.5 Å². The first-order chi connectivity index (χ1) is 9.25. The monoisotopic (exact) mass is 283 g/mol. The third-order valence-electron chi connectivity index (χ3n) is 3.29. The lowest BCUT2D eigenvalue weighted by molar-refractivity contribution is 0.0802. The van der Waals surface area contributed by atoms with Gasteiger partial charge in [-0.3, -0.25) is 0 Å². The average Bonchev–Trinajstić information content (AvgIpc) is 2.88. The van der Waals surface area contributed by atoms with Crippen LogP contribution in [0.3, 0.4) is 0 Å². The summed E-state index contributed by atoms with van der Waals surface area (Å²) in [5.74, 6) is 1.21. The molecule has 1 atom stereocenters. The normalized spacial score (nSPS) is 20.1. The molecule has 0 saturated carbocycles. The molecule has 2 rings (SSSR count). The number of aromatic nitrogens is 2. The largest absolute Gasteiger partial charge is 0.381 e. The zero-order valence-electron chi connectivity index (χ0n) is 12.0. The molecule has 0 aliphatic carbocycles. The van der Waals surface area contributed by atoms with Crippen molar-refractivity contribution in [3.63, 3.8) is 0 Å². The molecule has 0 amide bonds. The first-order valence-corrected chi connectivity index (χ1v) is 8.18. The van der Waals surface area contributed by atoms with Gasteiger partial charge in [-0.2, -0.15) is 0 Å². The van der Waals surface area contributed by atoms with Crippen LogP contribution in [0, 0.1) is 5.92 Å². The van der Waals surface area contributed by atoms with Crippen molar-refractivity contribution in [3.8, 4) is 0 Å². The van der Waals surface area contributed by atoms with Crippen molar-refractivity contribution in [2.45, 2.75) is 45.4 Å². The Kier molecular flexibility index (Phi) is 6.20. The van der Waals surface area contributed by atoms with Crippen LogP contribution in [-0.2, 0) is 11.2 Å². The van der Waals surface area contributed by atoms with Gasteiger partial charge in [0.25, 0.3) is 0 Å². The number of aryl methyl sites for hydroxylation is 1. The second-order valence-corrected chi connectivity index (χ2v) is 6.74. The number of hydrogen-bond donors (Lipinski definition) is 1. The molecule has 1 unspecified atom stereocenters. The molecular weight excluding hydrogens is 258 g/mol. The summed E-state index contributed by atoms with van der Waals surface area (Å²) < 4.78 is 5.51. The highest BCUT2D eigenvalue weighted by molar-refractivity contribution is 7.11. The van der Waals surface area contributed by atoms with Crippen LogP contribution in [-0.4, -0.2) is 36.5 Å². The molecule has 1 fully saturated rings. The van der Waals surface area contributed by atoms with E-state index in [2.05, 4.69) is 29.4 Å². The summed E-state index contributed by atoms with van der Waals surface area (Å²) in [5, 5.41) is 14.5. The van der Waals surface area contributed by atoms with E-state index in [1.807, 2.05) is 0 Å². The Balaban J connectivity index is 1.68. The first kappa shape index (κ1) is 14.9. The summed E-state index contributed by atoms with van der Waals surface area (Å²) in [7, 11) is 0. The Bertz CT molecular complexity index is 361. The molecule has 0 aromatic carbocycles. The van der Waals surface area contributed by atoms with Crippen LogP contribution in [0.2, 0.25) is 0 Å². The predicted molar refractivity (Wildman–Crippen MR) is 78.7 cm³/mol. The van der Waals surface area contributed by atoms with Gasteiger partial charge in [0, 0.05) is 18.9 Å². The Morgan fingerprint density at radius 2 is 2.32 bits per heavy atom. The lowest BCUT2D eigenvalue weighted by atomic mass is 10.0. The quantitative estimate of drug-likeness (QED) is 0.781. The average molecular weight is 283 g/mol. The van der Waals surface area contributed by atoms with E-state index in [4.69, 9.17) is 4.74 Å². The number of nitrogens with one attached hydrogen (secondary N) is 1. The summed E-state index contributed by atoms with van der Waals surface area (Å²) in [6.07, 6.45) is 4.53. The maximum Gasteiger partial charge on any atom is 0.122 e. The Morgan fingerprint density at radius 3 is 3.05 bits per heavy atom.